The number of aromatic nitrogens is 1. The third-order valence-corrected chi connectivity index (χ3v) is 2.56. The zero-order valence-corrected chi connectivity index (χ0v) is 9.10. The summed E-state index contributed by atoms with van der Waals surface area (Å²) in [6.45, 7) is 1.88. The van der Waals surface area contributed by atoms with Crippen LogP contribution < -0.4 is 0 Å². The Kier molecular flexibility index (Phi) is 2.63. The monoisotopic (exact) mass is 227 g/mol. The molecule has 0 saturated carbocycles. The summed E-state index contributed by atoms with van der Waals surface area (Å²) in [6.07, 6.45) is 1.75. The van der Waals surface area contributed by atoms with Gasteiger partial charge in [-0.2, -0.15) is 5.26 Å². The fourth-order valence-electron chi connectivity index (χ4n) is 1.73. The lowest BCUT2D eigenvalue weighted by atomic mass is 10.0. The molecule has 0 saturated heterocycles. The molecule has 2 rings (SSSR count). The van der Waals surface area contributed by atoms with Crippen molar-refractivity contribution in [2.24, 2.45) is 0 Å². The Labute approximate surface area is 97.5 Å². The van der Waals surface area contributed by atoms with E-state index in [1.807, 2.05) is 6.92 Å². The maximum Gasteiger partial charge on any atom is 0.269 e. The summed E-state index contributed by atoms with van der Waals surface area (Å²) in [7, 11) is 0. The number of H-pyrrole nitrogens is 1. The number of nitro benzene ring substituents is 1. The van der Waals surface area contributed by atoms with Crippen molar-refractivity contribution in [2.45, 2.75) is 6.92 Å². The number of nitriles is 1. The maximum absolute atomic E-state index is 10.5. The molecule has 0 aliphatic carbocycles. The number of nitrogens with zero attached hydrogens (tertiary/aromatic N) is 2. The molecule has 0 aliphatic heterocycles. The number of non-ortho nitro benzene ring substituents is 1. The lowest BCUT2D eigenvalue weighted by Gasteiger charge is -2.00. The van der Waals surface area contributed by atoms with Gasteiger partial charge >= 0.3 is 0 Å². The van der Waals surface area contributed by atoms with E-state index in [1.54, 1.807) is 18.3 Å². The highest BCUT2D eigenvalue weighted by molar-refractivity contribution is 5.73. The number of hydrogen-bond acceptors (Lipinski definition) is 3. The molecule has 1 N–H and O–H groups in total. The van der Waals surface area contributed by atoms with Crippen LogP contribution in [0.1, 0.15) is 11.3 Å². The highest BCUT2D eigenvalue weighted by atomic mass is 16.6. The van der Waals surface area contributed by atoms with Gasteiger partial charge in [-0.25, -0.2) is 0 Å². The molecule has 84 valence electrons. The Hall–Kier alpha value is -2.61. The first-order valence-electron chi connectivity index (χ1n) is 4.96. The second-order valence-electron chi connectivity index (χ2n) is 3.64. The van der Waals surface area contributed by atoms with Crippen LogP contribution in [-0.2, 0) is 0 Å². The lowest BCUT2D eigenvalue weighted by Crippen LogP contribution is -1.88. The van der Waals surface area contributed by atoms with Crippen molar-refractivity contribution < 1.29 is 4.92 Å². The summed E-state index contributed by atoms with van der Waals surface area (Å²) in [4.78, 5) is 13.0. The Morgan fingerprint density at radius 1 is 1.35 bits per heavy atom. The normalized spacial score (nSPS) is 9.88. The molecule has 1 aromatic carbocycles. The van der Waals surface area contributed by atoms with E-state index in [0.29, 0.717) is 5.69 Å². The van der Waals surface area contributed by atoms with Crippen molar-refractivity contribution in [3.05, 3.63) is 51.8 Å². The first-order valence-corrected chi connectivity index (χ1v) is 4.96. The average molecular weight is 227 g/mol. The van der Waals surface area contributed by atoms with Crippen LogP contribution in [0.25, 0.3) is 11.1 Å². The van der Waals surface area contributed by atoms with Crippen LogP contribution in [0.3, 0.4) is 0 Å². The SMILES string of the molecule is Cc1c[nH]c(C#N)c1-c1ccc([N+](=O)[O-])cc1. The van der Waals surface area contributed by atoms with E-state index in [-0.39, 0.29) is 5.69 Å². The van der Waals surface area contributed by atoms with Crippen LogP contribution in [0.15, 0.2) is 30.5 Å². The molecular weight excluding hydrogens is 218 g/mol. The van der Waals surface area contributed by atoms with Gasteiger partial charge in [0.05, 0.1) is 4.92 Å². The zero-order chi connectivity index (χ0) is 12.4. The topological polar surface area (TPSA) is 82.7 Å². The van der Waals surface area contributed by atoms with Gasteiger partial charge in [0.25, 0.3) is 5.69 Å². The Morgan fingerprint density at radius 2 is 2.00 bits per heavy atom. The predicted molar refractivity (Wildman–Crippen MR) is 62.3 cm³/mol. The molecule has 5 heteroatoms. The quantitative estimate of drug-likeness (QED) is 0.632. The fraction of sp³-hybridized carbons (Fsp3) is 0.0833. The molecule has 1 aromatic heterocycles. The van der Waals surface area contributed by atoms with Gasteiger partial charge in [0.2, 0.25) is 0 Å². The number of nitrogens with one attached hydrogen (secondary N) is 1. The molecule has 0 aliphatic rings. The number of benzene rings is 1. The van der Waals surface area contributed by atoms with Crippen molar-refractivity contribution in [1.82, 2.24) is 4.98 Å². The highest BCUT2D eigenvalue weighted by Gasteiger charge is 2.11. The summed E-state index contributed by atoms with van der Waals surface area (Å²) in [5, 5.41) is 19.5. The van der Waals surface area contributed by atoms with Gasteiger partial charge < -0.3 is 4.98 Å². The van der Waals surface area contributed by atoms with E-state index in [1.165, 1.54) is 12.1 Å². The molecule has 0 radical (unpaired) electrons. The lowest BCUT2D eigenvalue weighted by molar-refractivity contribution is -0.384. The largest absolute Gasteiger partial charge is 0.352 e. The van der Waals surface area contributed by atoms with Crippen molar-refractivity contribution in [3.63, 3.8) is 0 Å². The molecule has 5 nitrogen and oxygen atoms in total. The highest BCUT2D eigenvalue weighted by Crippen LogP contribution is 2.28. The summed E-state index contributed by atoms with van der Waals surface area (Å²) in [5.41, 5.74) is 3.04. The van der Waals surface area contributed by atoms with E-state index < -0.39 is 4.92 Å². The predicted octanol–water partition coefficient (Wildman–Crippen LogP) is 2.77. The summed E-state index contributed by atoms with van der Waals surface area (Å²) < 4.78 is 0. The summed E-state index contributed by atoms with van der Waals surface area (Å²) >= 11 is 0. The summed E-state index contributed by atoms with van der Waals surface area (Å²) in [5.74, 6) is 0. The van der Waals surface area contributed by atoms with Crippen molar-refractivity contribution in [3.8, 4) is 17.2 Å². The van der Waals surface area contributed by atoms with Gasteiger partial charge in [0.15, 0.2) is 0 Å². The molecule has 2 aromatic rings. The van der Waals surface area contributed by atoms with Crippen LogP contribution in [-0.4, -0.2) is 9.91 Å². The van der Waals surface area contributed by atoms with Gasteiger partial charge in [-0.3, -0.25) is 10.1 Å². The van der Waals surface area contributed by atoms with Crippen LogP contribution in [0, 0.1) is 28.4 Å². The van der Waals surface area contributed by atoms with E-state index >= 15 is 0 Å². The van der Waals surface area contributed by atoms with Crippen LogP contribution >= 0.6 is 0 Å². The van der Waals surface area contributed by atoms with Crippen LogP contribution in [0.4, 0.5) is 5.69 Å². The molecule has 17 heavy (non-hydrogen) atoms. The molecule has 0 unspecified atom stereocenters. The molecule has 0 bridgehead atoms. The Morgan fingerprint density at radius 3 is 2.53 bits per heavy atom. The third kappa shape index (κ3) is 1.88. The van der Waals surface area contributed by atoms with Gasteiger partial charge in [0, 0.05) is 23.9 Å². The van der Waals surface area contributed by atoms with Crippen LogP contribution in [0.5, 0.6) is 0 Å². The zero-order valence-electron chi connectivity index (χ0n) is 9.10. The van der Waals surface area contributed by atoms with Gasteiger partial charge in [0.1, 0.15) is 11.8 Å². The molecule has 0 amide bonds. The second-order valence-corrected chi connectivity index (χ2v) is 3.64. The Balaban J connectivity index is 2.51. The van der Waals surface area contributed by atoms with Crippen molar-refractivity contribution >= 4 is 5.69 Å². The molecule has 0 atom stereocenters. The molecule has 0 fully saturated rings. The van der Waals surface area contributed by atoms with Crippen molar-refractivity contribution in [1.29, 1.82) is 5.26 Å². The van der Waals surface area contributed by atoms with Gasteiger partial charge in [-0.15, -0.1) is 0 Å². The molecule has 0 spiro atoms. The van der Waals surface area contributed by atoms with E-state index in [4.69, 9.17) is 5.26 Å². The second kappa shape index (κ2) is 4.10. The Bertz CT molecular complexity index is 606. The van der Waals surface area contributed by atoms with E-state index in [0.717, 1.165) is 16.7 Å². The van der Waals surface area contributed by atoms with E-state index in [2.05, 4.69) is 11.1 Å². The molecule has 1 heterocycles. The van der Waals surface area contributed by atoms with Crippen molar-refractivity contribution in [2.75, 3.05) is 0 Å². The minimum Gasteiger partial charge on any atom is -0.352 e. The number of aryl methyl sites for hydroxylation is 1. The number of hydrogen-bond donors (Lipinski definition) is 1. The standard InChI is InChI=1S/C12H9N3O2/c1-8-7-14-11(6-13)12(8)9-2-4-10(5-3-9)15(16)17/h2-5,7,14H,1H3. The first-order chi connectivity index (χ1) is 8.13. The van der Waals surface area contributed by atoms with Gasteiger partial charge in [-0.1, -0.05) is 0 Å². The number of rotatable bonds is 2. The fourth-order valence-corrected chi connectivity index (χ4v) is 1.73. The minimum atomic E-state index is -0.445. The minimum absolute atomic E-state index is 0.0421. The smallest absolute Gasteiger partial charge is 0.269 e. The molecular formula is C12H9N3O2. The van der Waals surface area contributed by atoms with Gasteiger partial charge in [-0.05, 0) is 30.2 Å². The number of nitro groups is 1. The van der Waals surface area contributed by atoms with E-state index in [9.17, 15) is 10.1 Å². The first kappa shape index (κ1) is 10.9. The van der Waals surface area contributed by atoms with Crippen LogP contribution in [0.2, 0.25) is 0 Å². The third-order valence-electron chi connectivity index (χ3n) is 2.56. The maximum atomic E-state index is 10.5. The number of aromatic amines is 1. The summed E-state index contributed by atoms with van der Waals surface area (Å²) in [6, 6.07) is 8.23. The average Bonchev–Trinajstić information content (AvgIpc) is 2.70.